The molecule has 0 spiro atoms. The number of hydrogen-bond acceptors (Lipinski definition) is 5. The van der Waals surface area contributed by atoms with E-state index in [1.54, 1.807) is 6.07 Å². The summed E-state index contributed by atoms with van der Waals surface area (Å²) in [6.07, 6.45) is 0. The van der Waals surface area contributed by atoms with E-state index < -0.39 is 17.4 Å². The van der Waals surface area contributed by atoms with Crippen LogP contribution in [0.4, 0.5) is 0 Å². The Hall–Kier alpha value is -1.36. The Morgan fingerprint density at radius 1 is 1.67 bits per heavy atom. The van der Waals surface area contributed by atoms with E-state index in [0.29, 0.717) is 5.76 Å². The Balaban J connectivity index is 2.96. The van der Waals surface area contributed by atoms with Gasteiger partial charge in [0.15, 0.2) is 0 Å². The molecule has 5 heteroatoms. The molecule has 84 valence electrons. The van der Waals surface area contributed by atoms with Gasteiger partial charge in [-0.05, 0) is 6.92 Å². The topological polar surface area (TPSA) is 78.4 Å². The van der Waals surface area contributed by atoms with Gasteiger partial charge in [-0.25, -0.2) is 0 Å². The van der Waals surface area contributed by atoms with Crippen LogP contribution in [0, 0.1) is 6.92 Å². The number of aromatic nitrogens is 1. The van der Waals surface area contributed by atoms with Gasteiger partial charge < -0.3 is 15.0 Å². The third-order valence-electron chi connectivity index (χ3n) is 2.50. The molecule has 0 aliphatic heterocycles. The number of ether oxygens (including phenoxy) is 1. The van der Waals surface area contributed by atoms with Crippen molar-refractivity contribution in [3.8, 4) is 0 Å². The summed E-state index contributed by atoms with van der Waals surface area (Å²) in [5.74, 6) is 0.118. The summed E-state index contributed by atoms with van der Waals surface area (Å²) < 4.78 is 9.71. The lowest BCUT2D eigenvalue weighted by Gasteiger charge is -2.26. The lowest BCUT2D eigenvalue weighted by Crippen LogP contribution is -2.47. The van der Waals surface area contributed by atoms with Gasteiger partial charge in [0.1, 0.15) is 11.8 Å². The number of hydrogen-bond donors (Lipinski definition) is 1. The van der Waals surface area contributed by atoms with E-state index in [9.17, 15) is 4.79 Å². The SMILES string of the molecule is COC(=O)C(N)C(C)(C)c1cc(C)no1. The van der Waals surface area contributed by atoms with Crippen molar-refractivity contribution in [2.24, 2.45) is 5.73 Å². The molecule has 0 amide bonds. The van der Waals surface area contributed by atoms with Gasteiger partial charge in [-0.15, -0.1) is 0 Å². The molecule has 1 rings (SSSR count). The van der Waals surface area contributed by atoms with Crippen LogP contribution >= 0.6 is 0 Å². The zero-order chi connectivity index (χ0) is 11.6. The van der Waals surface area contributed by atoms with Gasteiger partial charge in [0.25, 0.3) is 0 Å². The summed E-state index contributed by atoms with van der Waals surface area (Å²) in [5.41, 5.74) is 5.91. The van der Waals surface area contributed by atoms with E-state index in [-0.39, 0.29) is 0 Å². The third-order valence-corrected chi connectivity index (χ3v) is 2.50. The Morgan fingerprint density at radius 2 is 2.27 bits per heavy atom. The summed E-state index contributed by atoms with van der Waals surface area (Å²) in [4.78, 5) is 11.3. The Bertz CT molecular complexity index is 357. The number of nitrogens with two attached hydrogens (primary N) is 1. The van der Waals surface area contributed by atoms with Gasteiger partial charge in [-0.1, -0.05) is 19.0 Å². The van der Waals surface area contributed by atoms with Crippen LogP contribution in [0.2, 0.25) is 0 Å². The van der Waals surface area contributed by atoms with Crippen molar-refractivity contribution in [3.05, 3.63) is 17.5 Å². The van der Waals surface area contributed by atoms with Gasteiger partial charge in [-0.2, -0.15) is 0 Å². The first kappa shape index (κ1) is 11.7. The second kappa shape index (κ2) is 4.02. The average Bonchev–Trinajstić information content (AvgIpc) is 2.63. The number of aryl methyl sites for hydroxylation is 1. The summed E-state index contributed by atoms with van der Waals surface area (Å²) in [6, 6.07) is 0.998. The molecule has 1 heterocycles. The molecule has 0 aliphatic carbocycles. The smallest absolute Gasteiger partial charge is 0.323 e. The van der Waals surface area contributed by atoms with Gasteiger partial charge in [0.2, 0.25) is 0 Å². The highest BCUT2D eigenvalue weighted by Crippen LogP contribution is 2.27. The maximum atomic E-state index is 11.3. The molecule has 5 nitrogen and oxygen atoms in total. The molecular formula is C10H16N2O3. The van der Waals surface area contributed by atoms with Gasteiger partial charge >= 0.3 is 5.97 Å². The quantitative estimate of drug-likeness (QED) is 0.748. The van der Waals surface area contributed by atoms with Crippen LogP contribution in [0.3, 0.4) is 0 Å². The molecule has 0 aromatic carbocycles. The molecular weight excluding hydrogens is 196 g/mol. The average molecular weight is 212 g/mol. The maximum Gasteiger partial charge on any atom is 0.323 e. The van der Waals surface area contributed by atoms with Crippen molar-refractivity contribution < 1.29 is 14.1 Å². The van der Waals surface area contributed by atoms with E-state index in [0.717, 1.165) is 5.69 Å². The van der Waals surface area contributed by atoms with Gasteiger partial charge in [-0.3, -0.25) is 4.79 Å². The monoisotopic (exact) mass is 212 g/mol. The molecule has 1 aromatic rings. The Kier molecular flexibility index (Phi) is 3.14. The fraction of sp³-hybridized carbons (Fsp3) is 0.600. The zero-order valence-corrected chi connectivity index (χ0v) is 9.40. The van der Waals surface area contributed by atoms with Crippen molar-refractivity contribution in [2.75, 3.05) is 7.11 Å². The van der Waals surface area contributed by atoms with Crippen LogP contribution in [0.1, 0.15) is 25.3 Å². The minimum Gasteiger partial charge on any atom is -0.468 e. The van der Waals surface area contributed by atoms with Crippen molar-refractivity contribution in [2.45, 2.75) is 32.2 Å². The van der Waals surface area contributed by atoms with Crippen LogP contribution in [-0.4, -0.2) is 24.3 Å². The molecule has 15 heavy (non-hydrogen) atoms. The largest absolute Gasteiger partial charge is 0.468 e. The summed E-state index contributed by atoms with van der Waals surface area (Å²) in [5, 5.41) is 3.77. The lowest BCUT2D eigenvalue weighted by atomic mass is 9.82. The lowest BCUT2D eigenvalue weighted by molar-refractivity contribution is -0.143. The van der Waals surface area contributed by atoms with E-state index in [1.165, 1.54) is 7.11 Å². The van der Waals surface area contributed by atoms with E-state index in [4.69, 9.17) is 10.3 Å². The van der Waals surface area contributed by atoms with Crippen LogP contribution in [0.15, 0.2) is 10.6 Å². The van der Waals surface area contributed by atoms with Gasteiger partial charge in [0, 0.05) is 6.07 Å². The second-order valence-corrected chi connectivity index (χ2v) is 4.06. The first-order chi connectivity index (χ1) is 6.89. The minimum absolute atomic E-state index is 0.464. The van der Waals surface area contributed by atoms with E-state index in [2.05, 4.69) is 9.89 Å². The number of carbonyl (C=O) groups is 1. The first-order valence-corrected chi connectivity index (χ1v) is 4.66. The van der Waals surface area contributed by atoms with Crippen LogP contribution < -0.4 is 5.73 Å². The van der Waals surface area contributed by atoms with Crippen molar-refractivity contribution in [1.29, 1.82) is 0 Å². The molecule has 1 atom stereocenters. The number of esters is 1. The minimum atomic E-state index is -0.769. The molecule has 2 N–H and O–H groups in total. The highest BCUT2D eigenvalue weighted by atomic mass is 16.5. The van der Waals surface area contributed by atoms with Crippen molar-refractivity contribution >= 4 is 5.97 Å². The normalized spacial score (nSPS) is 13.7. The molecule has 0 aliphatic rings. The van der Waals surface area contributed by atoms with Crippen LogP contribution in [0.5, 0.6) is 0 Å². The fourth-order valence-electron chi connectivity index (χ4n) is 1.24. The molecule has 1 aromatic heterocycles. The van der Waals surface area contributed by atoms with Crippen molar-refractivity contribution in [3.63, 3.8) is 0 Å². The van der Waals surface area contributed by atoms with Crippen LogP contribution in [-0.2, 0) is 14.9 Å². The standard InChI is InChI=1S/C10H16N2O3/c1-6-5-7(15-12-6)10(2,3)8(11)9(13)14-4/h5,8H,11H2,1-4H3. The Morgan fingerprint density at radius 3 is 2.67 bits per heavy atom. The van der Waals surface area contributed by atoms with Gasteiger partial charge in [0.05, 0.1) is 18.2 Å². The van der Waals surface area contributed by atoms with Crippen molar-refractivity contribution in [1.82, 2.24) is 5.16 Å². The Labute approximate surface area is 88.6 Å². The molecule has 0 fully saturated rings. The second-order valence-electron chi connectivity index (χ2n) is 4.06. The number of methoxy groups -OCH3 is 1. The maximum absolute atomic E-state index is 11.3. The predicted octanol–water partition coefficient (Wildman–Crippen LogP) is 0.761. The zero-order valence-electron chi connectivity index (χ0n) is 9.40. The molecule has 0 radical (unpaired) electrons. The molecule has 0 bridgehead atoms. The predicted molar refractivity (Wildman–Crippen MR) is 54.3 cm³/mol. The van der Waals surface area contributed by atoms with Crippen LogP contribution in [0.25, 0.3) is 0 Å². The highest BCUT2D eigenvalue weighted by molar-refractivity contribution is 5.77. The fourth-order valence-corrected chi connectivity index (χ4v) is 1.24. The summed E-state index contributed by atoms with van der Waals surface area (Å²) in [7, 11) is 1.31. The number of nitrogens with zero attached hydrogens (tertiary/aromatic N) is 1. The molecule has 1 unspecified atom stereocenters. The first-order valence-electron chi connectivity index (χ1n) is 4.66. The number of rotatable bonds is 3. The summed E-state index contributed by atoms with van der Waals surface area (Å²) >= 11 is 0. The third kappa shape index (κ3) is 2.18. The summed E-state index contributed by atoms with van der Waals surface area (Å²) in [6.45, 7) is 5.44. The van der Waals surface area contributed by atoms with E-state index >= 15 is 0 Å². The van der Waals surface area contributed by atoms with E-state index in [1.807, 2.05) is 20.8 Å². The molecule has 0 saturated carbocycles. The number of carbonyl (C=O) groups excluding carboxylic acids is 1. The molecule has 0 saturated heterocycles. The highest BCUT2D eigenvalue weighted by Gasteiger charge is 2.37.